The van der Waals surface area contributed by atoms with E-state index in [0.717, 1.165) is 22.3 Å². The van der Waals surface area contributed by atoms with Crippen LogP contribution < -0.4 is 5.32 Å². The van der Waals surface area contributed by atoms with Gasteiger partial charge in [0.25, 0.3) is 0 Å². The number of benzene rings is 4. The predicted octanol–water partition coefficient (Wildman–Crippen LogP) is 13.1. The maximum atomic E-state index is 13.8. The van der Waals surface area contributed by atoms with Gasteiger partial charge in [-0.25, -0.2) is 4.79 Å². The summed E-state index contributed by atoms with van der Waals surface area (Å²) in [4.78, 5) is 44.0. The van der Waals surface area contributed by atoms with E-state index in [2.05, 4.69) is 17.4 Å². The molecular weight excluding hydrogens is 1350 g/mol. The summed E-state index contributed by atoms with van der Waals surface area (Å²) in [6.07, 6.45) is -19.7. The summed E-state index contributed by atoms with van der Waals surface area (Å²) in [5, 5.41) is 3.26. The van der Waals surface area contributed by atoms with Gasteiger partial charge in [-0.1, -0.05) is 13.8 Å². The van der Waals surface area contributed by atoms with Gasteiger partial charge in [0, 0.05) is 87.7 Å². The molecule has 2 aliphatic rings. The van der Waals surface area contributed by atoms with Gasteiger partial charge in [-0.05, 0) is 113 Å². The van der Waals surface area contributed by atoms with Gasteiger partial charge < -0.3 is 24.8 Å². The molecule has 6 unspecified atom stereocenters. The zero-order valence-corrected chi connectivity index (χ0v) is 48.3. The quantitative estimate of drug-likeness (QED) is 0.140. The molecule has 22 heteroatoms. The summed E-state index contributed by atoms with van der Waals surface area (Å²) in [7, 11) is 2.79. The fraction of sp³-hybridized carbons (Fsp3) is 0.491. The minimum absolute atomic E-state index is 0. The number of aryl methyl sites for hydroxylation is 2. The van der Waals surface area contributed by atoms with Crippen LogP contribution in [0, 0.1) is 37.8 Å². The van der Waals surface area contributed by atoms with E-state index in [9.17, 15) is 67.1 Å². The van der Waals surface area contributed by atoms with Crippen LogP contribution in [0.5, 0.6) is 0 Å². The molecule has 8 nitrogen and oxygen atoms in total. The number of carbonyl (C=O) groups excluding carboxylic acids is 3. The minimum Gasteiger partial charge on any atom is -0.444 e. The van der Waals surface area contributed by atoms with Crippen LogP contribution in [0.15, 0.2) is 72.8 Å². The number of ether oxygens (including phenoxy) is 1. The Morgan fingerprint density at radius 3 is 1.36 bits per heavy atom. The third kappa shape index (κ3) is 16.6. The van der Waals surface area contributed by atoms with Gasteiger partial charge in [0.1, 0.15) is 5.60 Å². The van der Waals surface area contributed by atoms with E-state index in [4.69, 9.17) is 4.74 Å². The van der Waals surface area contributed by atoms with E-state index in [1.54, 1.807) is 45.0 Å². The van der Waals surface area contributed by atoms with Gasteiger partial charge in [0.15, 0.2) is 0 Å². The number of amides is 3. The molecule has 3 amide bonds. The average Bonchev–Trinajstić information content (AvgIpc) is 3.31. The number of alkyl halides is 12. The van der Waals surface area contributed by atoms with E-state index in [-0.39, 0.29) is 96.7 Å². The van der Waals surface area contributed by atoms with Crippen molar-refractivity contribution in [2.45, 2.75) is 116 Å². The fourth-order valence-corrected chi connectivity index (χ4v) is 9.21. The first kappa shape index (κ1) is 64.9. The number of hydrogen-bond acceptors (Lipinski definition) is 5. The Labute approximate surface area is 457 Å². The zero-order chi connectivity index (χ0) is 54.8. The van der Waals surface area contributed by atoms with Crippen LogP contribution in [0.2, 0.25) is 0 Å². The average molecular weight is 1410 g/mol. The number of nitrogens with one attached hydrogen (secondary N) is 1. The molecule has 0 saturated carbocycles. The molecule has 412 valence electrons. The number of rotatable bonds is 8. The van der Waals surface area contributed by atoms with E-state index < -0.39 is 94.4 Å². The van der Waals surface area contributed by atoms with Crippen LogP contribution in [0.25, 0.3) is 0 Å². The Hall–Kier alpha value is -4.41. The number of piperidine rings is 2. The maximum absolute atomic E-state index is 13.8. The van der Waals surface area contributed by atoms with Gasteiger partial charge in [0.05, 0.1) is 34.3 Å². The molecule has 75 heavy (non-hydrogen) atoms. The normalized spacial score (nSPS) is 19.2. The maximum Gasteiger partial charge on any atom is 0.416 e. The van der Waals surface area contributed by atoms with Crippen molar-refractivity contribution in [1.29, 1.82) is 0 Å². The summed E-state index contributed by atoms with van der Waals surface area (Å²) in [5.41, 5.74) is -3.33. The van der Waals surface area contributed by atoms with Gasteiger partial charge in [0.2, 0.25) is 11.8 Å². The van der Waals surface area contributed by atoms with Crippen molar-refractivity contribution in [3.63, 3.8) is 0 Å². The molecule has 4 aromatic carbocycles. The summed E-state index contributed by atoms with van der Waals surface area (Å²) in [6.45, 7) is 13.3. The largest absolute Gasteiger partial charge is 0.444 e. The summed E-state index contributed by atoms with van der Waals surface area (Å²) >= 11 is 0. The number of carbonyl (C=O) groups is 3. The Morgan fingerprint density at radius 1 is 0.627 bits per heavy atom. The number of halogens is 12. The molecule has 1 N–H and O–H groups in total. The first-order valence-corrected chi connectivity index (χ1v) is 23.3. The van der Waals surface area contributed by atoms with Crippen molar-refractivity contribution < 1.29 is 114 Å². The van der Waals surface area contributed by atoms with Gasteiger partial charge in [-0.2, -0.15) is 112 Å². The van der Waals surface area contributed by atoms with Crippen LogP contribution >= 0.6 is 0 Å². The van der Waals surface area contributed by atoms with Crippen LogP contribution in [0.4, 0.5) is 57.5 Å². The second kappa shape index (κ2) is 25.4. The molecule has 0 spiro atoms. The molecule has 2 heterocycles. The Morgan fingerprint density at radius 2 is 1.00 bits per heavy atom. The van der Waals surface area contributed by atoms with E-state index in [1.807, 2.05) is 26.0 Å². The summed E-state index contributed by atoms with van der Waals surface area (Å²) in [6, 6.07) is 17.4. The molecule has 2 aliphatic heterocycles. The van der Waals surface area contributed by atoms with Crippen molar-refractivity contribution in [2.24, 2.45) is 11.8 Å². The first-order chi connectivity index (χ1) is 33.6. The topological polar surface area (TPSA) is 82.2 Å². The smallest absolute Gasteiger partial charge is 0.416 e. The monoisotopic (exact) mass is 1410 g/mol. The molecule has 6 atom stereocenters. The molecule has 6 rings (SSSR count). The molecule has 0 aliphatic carbocycles. The second-order valence-corrected chi connectivity index (χ2v) is 19.6. The third-order valence-corrected chi connectivity index (χ3v) is 13.5. The van der Waals surface area contributed by atoms with Crippen molar-refractivity contribution in [3.8, 4) is 0 Å². The Balaban J connectivity index is 0.000000391. The van der Waals surface area contributed by atoms with E-state index >= 15 is 0 Å². The number of hydrogen-bond donors (Lipinski definition) is 1. The van der Waals surface area contributed by atoms with Crippen LogP contribution in [-0.2, 0) is 81.2 Å². The van der Waals surface area contributed by atoms with E-state index in [1.165, 1.54) is 42.6 Å². The van der Waals surface area contributed by atoms with Crippen molar-refractivity contribution in [3.05, 3.63) is 141 Å². The van der Waals surface area contributed by atoms with Crippen molar-refractivity contribution in [1.82, 2.24) is 20.0 Å². The predicted molar refractivity (Wildman–Crippen MR) is 248 cm³/mol. The molecule has 0 radical (unpaired) electrons. The second-order valence-electron chi connectivity index (χ2n) is 19.6. The minimum atomic E-state index is -5.00. The molecule has 2 fully saturated rings. The molecule has 4 aromatic rings. The molecular formula is C53H58F12N4O4W2-2. The standard InChI is InChI=1S/C29H33F6N2O3.C24H25F6N2O.2W/c1-17-9-7-8-10-22(17)24-16-37(26(39)40-27(3,4)5)12-11-23(24)25(38)36(6)18(2)19-13-20(28(30,31)32)15-21(14-19)29(33,34)35;1-14-6-4-5-7-19(14)21-13-31-9-8-20(21)22(33)32(3)15(2)16-10-17(23(25,26)27)12-18(11-16)24(28,29)30;;/h8-10,13-15,18,23-24H,11-12,16H2,1-6H3;5-7,10-12,15,20-21,31H,8-9,13H2,1-3H3;;/q2*-1;;. The van der Waals surface area contributed by atoms with Crippen molar-refractivity contribution in [2.75, 3.05) is 40.3 Å². The number of nitrogens with zero attached hydrogens (tertiary/aromatic N) is 3. The third-order valence-electron chi connectivity index (χ3n) is 13.5. The van der Waals surface area contributed by atoms with Crippen LogP contribution in [0.1, 0.15) is 127 Å². The summed E-state index contributed by atoms with van der Waals surface area (Å²) < 4.78 is 166. The number of likely N-dealkylation sites (tertiary alicyclic amines) is 1. The van der Waals surface area contributed by atoms with Crippen LogP contribution in [-0.4, -0.2) is 78.5 Å². The van der Waals surface area contributed by atoms with Crippen LogP contribution in [0.3, 0.4) is 0 Å². The summed E-state index contributed by atoms with van der Waals surface area (Å²) in [5.74, 6) is -2.53. The van der Waals surface area contributed by atoms with Gasteiger partial charge in [-0.15, -0.1) is 11.1 Å². The first-order valence-electron chi connectivity index (χ1n) is 23.3. The molecule has 2 saturated heterocycles. The zero-order valence-electron chi connectivity index (χ0n) is 42.5. The SMILES string of the molecule is Cc1c[c-]ccc1C1CN(C(=O)OC(C)(C)C)CCC1C(=O)N(C)C(C)c1cc(C(F)(F)F)cc(C(F)(F)F)c1.Cc1c[c-]ccc1C1CNCCC1C(=O)N(C)C(C)c1cc(C(F)(F)F)cc(C(F)(F)F)c1.[W].[W]. The van der Waals surface area contributed by atoms with Gasteiger partial charge in [-0.3, -0.25) is 9.59 Å². The van der Waals surface area contributed by atoms with Crippen molar-refractivity contribution >= 4 is 17.9 Å². The Kier molecular flexibility index (Phi) is 21.9. The van der Waals surface area contributed by atoms with Gasteiger partial charge >= 0.3 is 30.8 Å². The fourth-order valence-electron chi connectivity index (χ4n) is 9.21. The Bertz CT molecular complexity index is 2540. The molecule has 0 aromatic heterocycles. The van der Waals surface area contributed by atoms with E-state index in [0.29, 0.717) is 43.8 Å². The molecule has 0 bridgehead atoms.